The molecular weight excluding hydrogens is 370 g/mol. The van der Waals surface area contributed by atoms with Crippen LogP contribution in [0.2, 0.25) is 0 Å². The van der Waals surface area contributed by atoms with Crippen molar-refractivity contribution in [3.63, 3.8) is 0 Å². The van der Waals surface area contributed by atoms with Crippen LogP contribution in [0.4, 0.5) is 8.78 Å². The molecule has 0 aromatic carbocycles. The molecule has 0 amide bonds. The van der Waals surface area contributed by atoms with Gasteiger partial charge < -0.3 is 14.9 Å². The number of carbonyl (C=O) groups is 2. The summed E-state index contributed by atoms with van der Waals surface area (Å²) in [5, 5.41) is 19.2. The number of carboxylic acid groups (broad SMARTS) is 1. The number of ketones is 1. The summed E-state index contributed by atoms with van der Waals surface area (Å²) in [5.74, 6) is -7.11. The molecule has 1 aliphatic carbocycles. The molecule has 2 fully saturated rings. The van der Waals surface area contributed by atoms with E-state index in [0.717, 1.165) is 19.3 Å². The van der Waals surface area contributed by atoms with Crippen molar-refractivity contribution in [2.24, 2.45) is 17.8 Å². The van der Waals surface area contributed by atoms with Gasteiger partial charge in [0, 0.05) is 31.6 Å². The van der Waals surface area contributed by atoms with Crippen LogP contribution < -0.4 is 0 Å². The Balaban J connectivity index is 1.87. The van der Waals surface area contributed by atoms with Crippen molar-refractivity contribution in [3.8, 4) is 0 Å². The smallest absolute Gasteiger partial charge is 0.303 e. The van der Waals surface area contributed by atoms with Crippen LogP contribution in [0.25, 0.3) is 0 Å². The van der Waals surface area contributed by atoms with Gasteiger partial charge in [-0.15, -0.1) is 0 Å². The maximum atomic E-state index is 14.7. The van der Waals surface area contributed by atoms with E-state index >= 15 is 0 Å². The van der Waals surface area contributed by atoms with E-state index in [1.54, 1.807) is 6.92 Å². The van der Waals surface area contributed by atoms with Crippen LogP contribution in [0, 0.1) is 17.8 Å². The molecule has 5 atom stereocenters. The number of fused-ring (bicyclic) bond motifs is 1. The topological polar surface area (TPSA) is 83.8 Å². The lowest BCUT2D eigenvalue weighted by atomic mass is 9.81. The van der Waals surface area contributed by atoms with E-state index in [1.807, 2.05) is 6.92 Å². The van der Waals surface area contributed by atoms with E-state index < -0.39 is 30.2 Å². The lowest BCUT2D eigenvalue weighted by molar-refractivity contribution is -0.358. The number of ether oxygens (including phenoxy) is 1. The highest BCUT2D eigenvalue weighted by atomic mass is 19.3. The molecule has 0 unspecified atom stereocenters. The van der Waals surface area contributed by atoms with Gasteiger partial charge in [-0.1, -0.05) is 39.5 Å². The minimum atomic E-state index is -3.33. The molecule has 5 nitrogen and oxygen atoms in total. The summed E-state index contributed by atoms with van der Waals surface area (Å²) >= 11 is 0. The number of hydrogen-bond acceptors (Lipinski definition) is 4. The molecule has 2 aliphatic rings. The molecule has 0 aromatic heterocycles. The summed E-state index contributed by atoms with van der Waals surface area (Å²) in [6.45, 7) is 3.57. The molecule has 0 radical (unpaired) electrons. The molecule has 162 valence electrons. The number of carbonyl (C=O) groups excluding carboxylic acids is 1. The van der Waals surface area contributed by atoms with Crippen molar-refractivity contribution in [1.82, 2.24) is 0 Å². The number of aliphatic carboxylic acids is 1. The molecular formula is C21H34F2O5. The van der Waals surface area contributed by atoms with Crippen LogP contribution in [0.3, 0.4) is 0 Å². The zero-order chi connectivity index (χ0) is 20.9. The molecule has 1 heterocycles. The largest absolute Gasteiger partial charge is 0.481 e. The Labute approximate surface area is 165 Å². The zero-order valence-electron chi connectivity index (χ0n) is 17.0. The number of rotatable bonds is 11. The third-order valence-electron chi connectivity index (χ3n) is 6.50. The standard InChI is InChI=1S/C21H34F2O5/c1-3-14(2)13-20(22,23)21(27)11-10-16-15(17(24)12-18(16)28-21)8-6-4-5-7-9-19(25)26/h14-16,18,27H,3-13H2,1-2H3,(H,25,26)/t14-,15+,16+,18+,21+/m0/s1. The monoisotopic (exact) mass is 404 g/mol. The number of hydrogen-bond donors (Lipinski definition) is 2. The van der Waals surface area contributed by atoms with Crippen molar-refractivity contribution in [2.45, 2.75) is 102 Å². The van der Waals surface area contributed by atoms with E-state index in [1.165, 1.54) is 0 Å². The number of halogens is 2. The van der Waals surface area contributed by atoms with Crippen LogP contribution in [0.5, 0.6) is 0 Å². The summed E-state index contributed by atoms with van der Waals surface area (Å²) in [5.41, 5.74) is 0. The number of Topliss-reactive ketones (excluding diaryl/α,β-unsaturated/α-hetero) is 1. The van der Waals surface area contributed by atoms with Crippen molar-refractivity contribution in [2.75, 3.05) is 0 Å². The molecule has 0 bridgehead atoms. The van der Waals surface area contributed by atoms with Gasteiger partial charge in [-0.2, -0.15) is 0 Å². The molecule has 28 heavy (non-hydrogen) atoms. The van der Waals surface area contributed by atoms with E-state index in [0.29, 0.717) is 25.7 Å². The first kappa shape index (κ1) is 23.2. The summed E-state index contributed by atoms with van der Waals surface area (Å²) in [7, 11) is 0. The van der Waals surface area contributed by atoms with Crippen molar-refractivity contribution in [3.05, 3.63) is 0 Å². The normalized spacial score (nSPS) is 31.6. The Morgan fingerprint density at radius 1 is 1.32 bits per heavy atom. The van der Waals surface area contributed by atoms with Crippen LogP contribution in [-0.2, 0) is 14.3 Å². The summed E-state index contributed by atoms with van der Waals surface area (Å²) in [4.78, 5) is 22.9. The second-order valence-electron chi connectivity index (χ2n) is 8.69. The first-order valence-electron chi connectivity index (χ1n) is 10.6. The van der Waals surface area contributed by atoms with Crippen LogP contribution in [0.1, 0.15) is 84.5 Å². The minimum Gasteiger partial charge on any atom is -0.481 e. The Kier molecular flexibility index (Phi) is 7.97. The Bertz CT molecular complexity index is 553. The highest BCUT2D eigenvalue weighted by molar-refractivity contribution is 5.84. The molecule has 7 heteroatoms. The van der Waals surface area contributed by atoms with Crippen molar-refractivity contribution in [1.29, 1.82) is 0 Å². The lowest BCUT2D eigenvalue weighted by Crippen LogP contribution is -2.56. The molecule has 1 aliphatic heterocycles. The van der Waals surface area contributed by atoms with E-state index in [-0.39, 0.29) is 42.8 Å². The fourth-order valence-electron chi connectivity index (χ4n) is 4.57. The quantitative estimate of drug-likeness (QED) is 0.493. The zero-order valence-corrected chi connectivity index (χ0v) is 17.0. The highest BCUT2D eigenvalue weighted by Crippen LogP contribution is 2.50. The maximum absolute atomic E-state index is 14.7. The number of carboxylic acids is 1. The summed E-state index contributed by atoms with van der Waals surface area (Å²) in [6, 6.07) is 0. The number of unbranched alkanes of at least 4 members (excludes halogenated alkanes) is 3. The second-order valence-corrected chi connectivity index (χ2v) is 8.69. The summed E-state index contributed by atoms with van der Waals surface area (Å²) in [6.07, 6.45) is 3.79. The second kappa shape index (κ2) is 9.61. The fourth-order valence-corrected chi connectivity index (χ4v) is 4.57. The molecule has 0 spiro atoms. The maximum Gasteiger partial charge on any atom is 0.303 e. The van der Waals surface area contributed by atoms with Gasteiger partial charge in [0.05, 0.1) is 6.10 Å². The Morgan fingerprint density at radius 3 is 2.64 bits per heavy atom. The number of alkyl halides is 2. The van der Waals surface area contributed by atoms with Crippen LogP contribution in [-0.4, -0.2) is 39.8 Å². The lowest BCUT2D eigenvalue weighted by Gasteiger charge is -2.44. The number of aliphatic hydroxyl groups is 1. The molecule has 0 aromatic rings. The van der Waals surface area contributed by atoms with Gasteiger partial charge in [0.2, 0.25) is 5.79 Å². The first-order valence-corrected chi connectivity index (χ1v) is 10.6. The van der Waals surface area contributed by atoms with E-state index in [9.17, 15) is 23.5 Å². The molecule has 1 saturated carbocycles. The minimum absolute atomic E-state index is 0.0371. The van der Waals surface area contributed by atoms with Gasteiger partial charge >= 0.3 is 11.9 Å². The van der Waals surface area contributed by atoms with Gasteiger partial charge in [-0.05, 0) is 31.1 Å². The van der Waals surface area contributed by atoms with Crippen LogP contribution in [0.15, 0.2) is 0 Å². The Hall–Kier alpha value is -1.08. The van der Waals surface area contributed by atoms with Crippen LogP contribution >= 0.6 is 0 Å². The Morgan fingerprint density at radius 2 is 2.00 bits per heavy atom. The third kappa shape index (κ3) is 5.50. The van der Waals surface area contributed by atoms with Gasteiger partial charge in [0.25, 0.3) is 0 Å². The first-order chi connectivity index (χ1) is 13.1. The third-order valence-corrected chi connectivity index (χ3v) is 6.50. The summed E-state index contributed by atoms with van der Waals surface area (Å²) < 4.78 is 34.8. The predicted molar refractivity (Wildman–Crippen MR) is 100 cm³/mol. The molecule has 2 rings (SSSR count). The van der Waals surface area contributed by atoms with Gasteiger partial charge in [0.1, 0.15) is 5.78 Å². The van der Waals surface area contributed by atoms with Crippen molar-refractivity contribution < 1.29 is 33.3 Å². The highest BCUT2D eigenvalue weighted by Gasteiger charge is 2.60. The SMILES string of the molecule is CC[C@H](C)CC(F)(F)[C@@]1(O)CC[C@H]2[C@@H](CC(=O)[C@@H]2CCCCCCC(=O)O)O1. The average Bonchev–Trinajstić information content (AvgIpc) is 2.91. The molecule has 1 saturated heterocycles. The predicted octanol–water partition coefficient (Wildman–Crippen LogP) is 4.56. The van der Waals surface area contributed by atoms with Gasteiger partial charge in [-0.3, -0.25) is 9.59 Å². The fraction of sp³-hybridized carbons (Fsp3) is 0.905. The van der Waals surface area contributed by atoms with E-state index in [4.69, 9.17) is 9.84 Å². The molecule has 2 N–H and O–H groups in total. The average molecular weight is 404 g/mol. The van der Waals surface area contributed by atoms with Gasteiger partial charge in [-0.25, -0.2) is 8.78 Å². The van der Waals surface area contributed by atoms with Crippen molar-refractivity contribution >= 4 is 11.8 Å². The van der Waals surface area contributed by atoms with Gasteiger partial charge in [0.15, 0.2) is 0 Å². The van der Waals surface area contributed by atoms with E-state index in [2.05, 4.69) is 0 Å².